The predicted octanol–water partition coefficient (Wildman–Crippen LogP) is 3.27. The first-order valence-corrected chi connectivity index (χ1v) is 9.62. The molecule has 0 radical (unpaired) electrons. The number of halogens is 1. The lowest BCUT2D eigenvalue weighted by Gasteiger charge is -2.29. The fourth-order valence-electron chi connectivity index (χ4n) is 3.27. The smallest absolute Gasteiger partial charge is 0.167 e. The summed E-state index contributed by atoms with van der Waals surface area (Å²) < 4.78 is 31.0. The molecule has 1 saturated carbocycles. The molecule has 1 aliphatic carbocycles. The molecule has 3 atom stereocenters. The number of fused-ring (bicyclic) bond motifs is 1. The topological polar surface area (TPSA) is 64.1 Å². The third-order valence-electron chi connectivity index (χ3n) is 4.53. The molecule has 1 aliphatic rings. The maximum absolute atomic E-state index is 13.8. The summed E-state index contributed by atoms with van der Waals surface area (Å²) in [6.07, 6.45) is 5.38. The van der Waals surface area contributed by atoms with Crippen molar-refractivity contribution in [2.75, 3.05) is 18.2 Å². The molecule has 3 rings (SSSR count). The van der Waals surface area contributed by atoms with Gasteiger partial charge in [0.1, 0.15) is 12.1 Å². The van der Waals surface area contributed by atoms with Crippen LogP contribution in [-0.2, 0) is 10.8 Å². The second kappa shape index (κ2) is 7.42. The molecule has 0 aliphatic heterocycles. The minimum atomic E-state index is -0.770. The quantitative estimate of drug-likeness (QED) is 0.896. The zero-order chi connectivity index (χ0) is 17.1. The minimum Gasteiger partial charge on any atom is -0.494 e. The number of ether oxygens (including phenoxy) is 1. The van der Waals surface area contributed by atoms with Crippen LogP contribution in [0.15, 0.2) is 18.5 Å². The van der Waals surface area contributed by atoms with Gasteiger partial charge in [0.25, 0.3) is 0 Å². The highest BCUT2D eigenvalue weighted by molar-refractivity contribution is 7.85. The second-order valence-corrected chi connectivity index (χ2v) is 8.03. The van der Waals surface area contributed by atoms with Gasteiger partial charge in [0.2, 0.25) is 0 Å². The summed E-state index contributed by atoms with van der Waals surface area (Å²) in [6, 6.07) is 3.20. The molecule has 130 valence electrons. The van der Waals surface area contributed by atoms with Gasteiger partial charge in [-0.05, 0) is 25.3 Å². The van der Waals surface area contributed by atoms with E-state index in [1.54, 1.807) is 6.07 Å². The van der Waals surface area contributed by atoms with Crippen LogP contribution in [0.5, 0.6) is 5.75 Å². The molecule has 2 aromatic rings. The van der Waals surface area contributed by atoms with E-state index in [-0.39, 0.29) is 17.0 Å². The maximum atomic E-state index is 13.8. The number of nitrogens with one attached hydrogen (secondary N) is 1. The molecule has 7 heteroatoms. The fraction of sp³-hybridized carbons (Fsp3) is 0.529. The predicted molar refractivity (Wildman–Crippen MR) is 94.4 cm³/mol. The van der Waals surface area contributed by atoms with Crippen molar-refractivity contribution in [2.24, 2.45) is 0 Å². The van der Waals surface area contributed by atoms with E-state index in [9.17, 15) is 8.60 Å². The SMILES string of the molecule is CCS(=O)C1CCCC(Nc2ncnc3cc(F)c(OC)cc23)C1. The van der Waals surface area contributed by atoms with Gasteiger partial charge in [0, 0.05) is 39.3 Å². The van der Waals surface area contributed by atoms with E-state index in [1.807, 2.05) is 6.92 Å². The van der Waals surface area contributed by atoms with Crippen LogP contribution in [0.2, 0.25) is 0 Å². The molecule has 1 fully saturated rings. The first-order chi connectivity index (χ1) is 11.6. The van der Waals surface area contributed by atoms with E-state index in [4.69, 9.17) is 4.74 Å². The van der Waals surface area contributed by atoms with E-state index in [2.05, 4.69) is 15.3 Å². The van der Waals surface area contributed by atoms with E-state index < -0.39 is 16.6 Å². The standard InChI is InChI=1S/C17H22FN3O2S/c1-3-24(22)12-6-4-5-11(7-12)21-17-13-8-16(23-2)14(18)9-15(13)19-10-20-17/h8-12H,3-7H2,1-2H3,(H,19,20,21). The summed E-state index contributed by atoms with van der Waals surface area (Å²) >= 11 is 0. The fourth-order valence-corrected chi connectivity index (χ4v) is 4.62. The summed E-state index contributed by atoms with van der Waals surface area (Å²) in [6.45, 7) is 1.96. The third kappa shape index (κ3) is 3.50. The number of rotatable bonds is 5. The molecule has 1 aromatic heterocycles. The van der Waals surface area contributed by atoms with Gasteiger partial charge in [0.15, 0.2) is 11.6 Å². The Morgan fingerprint density at radius 1 is 1.38 bits per heavy atom. The van der Waals surface area contributed by atoms with Crippen molar-refractivity contribution >= 4 is 27.5 Å². The van der Waals surface area contributed by atoms with Gasteiger partial charge >= 0.3 is 0 Å². The number of hydrogen-bond donors (Lipinski definition) is 1. The minimum absolute atomic E-state index is 0.175. The summed E-state index contributed by atoms with van der Waals surface area (Å²) in [5.74, 6) is 1.11. The van der Waals surface area contributed by atoms with Gasteiger partial charge in [0.05, 0.1) is 12.6 Å². The maximum Gasteiger partial charge on any atom is 0.167 e. The molecule has 3 unspecified atom stereocenters. The summed E-state index contributed by atoms with van der Waals surface area (Å²) in [5.41, 5.74) is 0.537. The van der Waals surface area contributed by atoms with Gasteiger partial charge in [-0.15, -0.1) is 0 Å². The molecule has 0 bridgehead atoms. The molecular formula is C17H22FN3O2S. The van der Waals surface area contributed by atoms with E-state index in [0.29, 0.717) is 17.1 Å². The largest absolute Gasteiger partial charge is 0.494 e. The normalized spacial score (nSPS) is 22.3. The molecule has 5 nitrogen and oxygen atoms in total. The van der Waals surface area contributed by atoms with Gasteiger partial charge in [-0.1, -0.05) is 13.3 Å². The number of anilines is 1. The Bertz CT molecular complexity index is 756. The van der Waals surface area contributed by atoms with Crippen LogP contribution in [0.25, 0.3) is 10.9 Å². The van der Waals surface area contributed by atoms with Gasteiger partial charge in [-0.25, -0.2) is 14.4 Å². The Labute approximate surface area is 143 Å². The Morgan fingerprint density at radius 3 is 2.96 bits per heavy atom. The lowest BCUT2D eigenvalue weighted by molar-refractivity contribution is 0.387. The Kier molecular flexibility index (Phi) is 5.28. The van der Waals surface area contributed by atoms with Crippen molar-refractivity contribution in [1.82, 2.24) is 9.97 Å². The number of aromatic nitrogens is 2. The molecule has 1 aromatic carbocycles. The zero-order valence-corrected chi connectivity index (χ0v) is 14.7. The van der Waals surface area contributed by atoms with Crippen LogP contribution in [0, 0.1) is 5.82 Å². The average Bonchev–Trinajstić information content (AvgIpc) is 2.61. The molecule has 0 spiro atoms. The molecular weight excluding hydrogens is 329 g/mol. The van der Waals surface area contributed by atoms with Crippen molar-refractivity contribution in [3.63, 3.8) is 0 Å². The molecule has 0 saturated heterocycles. The van der Waals surface area contributed by atoms with E-state index in [1.165, 1.54) is 19.5 Å². The van der Waals surface area contributed by atoms with E-state index in [0.717, 1.165) is 31.1 Å². The molecule has 0 amide bonds. The van der Waals surface area contributed by atoms with Crippen LogP contribution in [0.1, 0.15) is 32.6 Å². The van der Waals surface area contributed by atoms with Gasteiger partial charge < -0.3 is 10.1 Å². The monoisotopic (exact) mass is 351 g/mol. The zero-order valence-electron chi connectivity index (χ0n) is 13.9. The number of hydrogen-bond acceptors (Lipinski definition) is 5. The number of nitrogens with zero attached hydrogens (tertiary/aromatic N) is 2. The molecule has 1 N–H and O–H groups in total. The van der Waals surface area contributed by atoms with Crippen molar-refractivity contribution in [3.05, 3.63) is 24.3 Å². The summed E-state index contributed by atoms with van der Waals surface area (Å²) in [7, 11) is 0.668. The van der Waals surface area contributed by atoms with Crippen molar-refractivity contribution in [3.8, 4) is 5.75 Å². The van der Waals surface area contributed by atoms with Crippen LogP contribution in [0.4, 0.5) is 10.2 Å². The first kappa shape index (κ1) is 17.1. The first-order valence-electron chi connectivity index (χ1n) is 8.24. The van der Waals surface area contributed by atoms with Crippen molar-refractivity contribution < 1.29 is 13.3 Å². The third-order valence-corrected chi connectivity index (χ3v) is 6.27. The van der Waals surface area contributed by atoms with Gasteiger partial charge in [-0.2, -0.15) is 0 Å². The summed E-state index contributed by atoms with van der Waals surface area (Å²) in [5, 5.41) is 4.41. The lowest BCUT2D eigenvalue weighted by atomic mass is 9.95. The Balaban J connectivity index is 1.85. The van der Waals surface area contributed by atoms with E-state index >= 15 is 0 Å². The highest BCUT2D eigenvalue weighted by Crippen LogP contribution is 2.30. The Morgan fingerprint density at radius 2 is 2.21 bits per heavy atom. The van der Waals surface area contributed by atoms with Gasteiger partial charge in [-0.3, -0.25) is 4.21 Å². The van der Waals surface area contributed by atoms with Crippen LogP contribution < -0.4 is 10.1 Å². The highest BCUT2D eigenvalue weighted by atomic mass is 32.2. The van der Waals surface area contributed by atoms with Crippen LogP contribution in [-0.4, -0.2) is 38.3 Å². The molecule has 1 heterocycles. The highest BCUT2D eigenvalue weighted by Gasteiger charge is 2.26. The van der Waals surface area contributed by atoms with Crippen molar-refractivity contribution in [2.45, 2.75) is 43.9 Å². The number of benzene rings is 1. The number of methoxy groups -OCH3 is 1. The van der Waals surface area contributed by atoms with Crippen LogP contribution >= 0.6 is 0 Å². The van der Waals surface area contributed by atoms with Crippen molar-refractivity contribution in [1.29, 1.82) is 0 Å². The summed E-state index contributed by atoms with van der Waals surface area (Å²) in [4.78, 5) is 8.45. The average molecular weight is 351 g/mol. The molecule has 24 heavy (non-hydrogen) atoms. The second-order valence-electron chi connectivity index (χ2n) is 6.03. The Hall–Kier alpha value is -1.76. The van der Waals surface area contributed by atoms with Crippen LogP contribution in [0.3, 0.4) is 0 Å². The lowest BCUT2D eigenvalue weighted by Crippen LogP contribution is -2.33.